The van der Waals surface area contributed by atoms with Crippen LogP contribution < -0.4 is 0 Å². The van der Waals surface area contributed by atoms with Crippen molar-refractivity contribution in [2.24, 2.45) is 0 Å². The van der Waals surface area contributed by atoms with Crippen LogP contribution in [0, 0.1) is 0 Å². The van der Waals surface area contributed by atoms with E-state index in [-0.39, 0.29) is 18.3 Å². The van der Waals surface area contributed by atoms with E-state index < -0.39 is 6.10 Å². The van der Waals surface area contributed by atoms with Crippen molar-refractivity contribution < 1.29 is 24.1 Å². The molecule has 1 saturated heterocycles. The van der Waals surface area contributed by atoms with E-state index in [0.717, 1.165) is 26.1 Å². The van der Waals surface area contributed by atoms with Crippen molar-refractivity contribution >= 4 is 0 Å². The van der Waals surface area contributed by atoms with Gasteiger partial charge in [0.05, 0.1) is 31.5 Å². The highest BCUT2D eigenvalue weighted by atomic mass is 16.6. The highest BCUT2D eigenvalue weighted by Gasteiger charge is 2.43. The second kappa shape index (κ2) is 6.66. The van der Waals surface area contributed by atoms with Crippen LogP contribution in [0.25, 0.3) is 0 Å². The fraction of sp³-hybridized carbons (Fsp3) is 1.00. The monoisotopic (exact) mass is 246 g/mol. The van der Waals surface area contributed by atoms with Gasteiger partial charge in [0.2, 0.25) is 0 Å². The second-order valence-corrected chi connectivity index (χ2v) is 4.62. The molecule has 1 aliphatic heterocycles. The normalized spacial score (nSPS) is 34.6. The van der Waals surface area contributed by atoms with Gasteiger partial charge < -0.3 is 24.1 Å². The summed E-state index contributed by atoms with van der Waals surface area (Å²) in [4.78, 5) is 0. The van der Waals surface area contributed by atoms with Crippen LogP contribution in [0.3, 0.4) is 0 Å². The maximum atomic E-state index is 9.64. The summed E-state index contributed by atoms with van der Waals surface area (Å²) in [5.41, 5.74) is 0. The minimum absolute atomic E-state index is 0.0324. The molecule has 0 radical (unpaired) electrons. The first kappa shape index (κ1) is 13.2. The molecule has 3 unspecified atom stereocenters. The van der Waals surface area contributed by atoms with E-state index in [1.165, 1.54) is 0 Å². The lowest BCUT2D eigenvalue weighted by Gasteiger charge is -2.43. The zero-order valence-corrected chi connectivity index (χ0v) is 10.3. The molecular formula is C12H22O5. The van der Waals surface area contributed by atoms with Crippen LogP contribution in [0.1, 0.15) is 19.3 Å². The van der Waals surface area contributed by atoms with Gasteiger partial charge in [-0.1, -0.05) is 0 Å². The first-order valence-corrected chi connectivity index (χ1v) is 6.33. The summed E-state index contributed by atoms with van der Waals surface area (Å²) in [5, 5.41) is 9.64. The lowest BCUT2D eigenvalue weighted by atomic mass is 9.87. The number of aliphatic hydroxyl groups excluding tert-OH is 1. The molecule has 5 heteroatoms. The van der Waals surface area contributed by atoms with Crippen LogP contribution in [-0.2, 0) is 18.9 Å². The first-order chi connectivity index (χ1) is 8.31. The summed E-state index contributed by atoms with van der Waals surface area (Å²) in [6, 6.07) is 0. The van der Waals surface area contributed by atoms with Gasteiger partial charge in [-0.2, -0.15) is 0 Å². The molecule has 1 heterocycles. The highest BCUT2D eigenvalue weighted by Crippen LogP contribution is 2.30. The van der Waals surface area contributed by atoms with Crippen LogP contribution in [0.4, 0.5) is 0 Å². The third-order valence-electron chi connectivity index (χ3n) is 3.35. The van der Waals surface area contributed by atoms with E-state index in [9.17, 15) is 5.11 Å². The second-order valence-electron chi connectivity index (χ2n) is 4.62. The van der Waals surface area contributed by atoms with Crippen LogP contribution in [0.5, 0.6) is 0 Å². The van der Waals surface area contributed by atoms with Gasteiger partial charge in [0.1, 0.15) is 6.10 Å². The van der Waals surface area contributed by atoms with E-state index >= 15 is 0 Å². The van der Waals surface area contributed by atoms with Crippen molar-refractivity contribution in [2.45, 2.75) is 43.7 Å². The average molecular weight is 246 g/mol. The zero-order valence-electron chi connectivity index (χ0n) is 10.3. The summed E-state index contributed by atoms with van der Waals surface area (Å²) >= 11 is 0. The van der Waals surface area contributed by atoms with E-state index in [1.54, 1.807) is 7.11 Å². The average Bonchev–Trinajstić information content (AvgIpc) is 2.35. The molecule has 17 heavy (non-hydrogen) atoms. The van der Waals surface area contributed by atoms with Gasteiger partial charge in [-0.05, 0) is 12.8 Å². The predicted octanol–water partition coefficient (Wildman–Crippen LogP) is 0.347. The SMILES string of the molecule is COCCOC1C(O)CC1OC1CCOCC1. The molecule has 2 fully saturated rings. The fourth-order valence-corrected chi connectivity index (χ4v) is 2.24. The molecule has 0 aromatic rings. The number of aliphatic hydroxyl groups is 1. The van der Waals surface area contributed by atoms with E-state index in [0.29, 0.717) is 19.6 Å². The zero-order chi connectivity index (χ0) is 12.1. The van der Waals surface area contributed by atoms with Gasteiger partial charge in [-0.25, -0.2) is 0 Å². The Morgan fingerprint density at radius 3 is 2.65 bits per heavy atom. The molecule has 2 rings (SSSR count). The standard InChI is InChI=1S/C12H22O5/c1-14-6-7-16-12-10(13)8-11(12)17-9-2-4-15-5-3-9/h9-13H,2-8H2,1H3. The Labute approximate surface area is 102 Å². The summed E-state index contributed by atoms with van der Waals surface area (Å²) in [5.74, 6) is 0. The van der Waals surface area contributed by atoms with Gasteiger partial charge in [0.15, 0.2) is 0 Å². The maximum absolute atomic E-state index is 9.64. The molecule has 1 aliphatic carbocycles. The van der Waals surface area contributed by atoms with Crippen molar-refractivity contribution in [3.63, 3.8) is 0 Å². The third kappa shape index (κ3) is 3.63. The molecular weight excluding hydrogens is 224 g/mol. The predicted molar refractivity (Wildman–Crippen MR) is 61.0 cm³/mol. The summed E-state index contributed by atoms with van der Waals surface area (Å²) in [6.07, 6.45) is 2.27. The number of hydrogen-bond acceptors (Lipinski definition) is 5. The fourth-order valence-electron chi connectivity index (χ4n) is 2.24. The Bertz CT molecular complexity index is 217. The van der Waals surface area contributed by atoms with Crippen LogP contribution >= 0.6 is 0 Å². The largest absolute Gasteiger partial charge is 0.390 e. The quantitative estimate of drug-likeness (QED) is 0.685. The smallest absolute Gasteiger partial charge is 0.110 e. The van der Waals surface area contributed by atoms with Gasteiger partial charge in [-0.15, -0.1) is 0 Å². The molecule has 0 aromatic carbocycles. The van der Waals surface area contributed by atoms with E-state index in [4.69, 9.17) is 18.9 Å². The summed E-state index contributed by atoms with van der Waals surface area (Å²) in [7, 11) is 1.64. The molecule has 5 nitrogen and oxygen atoms in total. The number of ether oxygens (including phenoxy) is 4. The Morgan fingerprint density at radius 1 is 1.24 bits per heavy atom. The minimum Gasteiger partial charge on any atom is -0.390 e. The maximum Gasteiger partial charge on any atom is 0.110 e. The molecule has 2 aliphatic rings. The lowest BCUT2D eigenvalue weighted by molar-refractivity contribution is -0.217. The number of rotatable bonds is 6. The Kier molecular flexibility index (Phi) is 5.18. The molecule has 1 saturated carbocycles. The van der Waals surface area contributed by atoms with Gasteiger partial charge in [0, 0.05) is 26.7 Å². The van der Waals surface area contributed by atoms with Crippen LogP contribution in [0.15, 0.2) is 0 Å². The molecule has 100 valence electrons. The minimum atomic E-state index is -0.392. The molecule has 1 N–H and O–H groups in total. The number of hydrogen-bond donors (Lipinski definition) is 1. The van der Waals surface area contributed by atoms with E-state index in [1.807, 2.05) is 0 Å². The highest BCUT2D eigenvalue weighted by molar-refractivity contribution is 4.92. The topological polar surface area (TPSA) is 57.2 Å². The summed E-state index contributed by atoms with van der Waals surface area (Å²) in [6.45, 7) is 2.60. The summed E-state index contributed by atoms with van der Waals surface area (Å²) < 4.78 is 21.7. The molecule has 0 bridgehead atoms. The van der Waals surface area contributed by atoms with Crippen molar-refractivity contribution in [3.8, 4) is 0 Å². The van der Waals surface area contributed by atoms with Crippen molar-refractivity contribution in [2.75, 3.05) is 33.5 Å². The third-order valence-corrected chi connectivity index (χ3v) is 3.35. The van der Waals surface area contributed by atoms with Crippen LogP contribution in [-0.4, -0.2) is 63.1 Å². The lowest BCUT2D eigenvalue weighted by Crippen LogP contribution is -2.55. The molecule has 0 amide bonds. The van der Waals surface area contributed by atoms with Gasteiger partial charge in [0.25, 0.3) is 0 Å². The van der Waals surface area contributed by atoms with Crippen LogP contribution in [0.2, 0.25) is 0 Å². The molecule has 3 atom stereocenters. The van der Waals surface area contributed by atoms with E-state index in [2.05, 4.69) is 0 Å². The Balaban J connectivity index is 1.68. The number of methoxy groups -OCH3 is 1. The molecule has 0 aromatic heterocycles. The molecule has 0 spiro atoms. The van der Waals surface area contributed by atoms with Gasteiger partial charge >= 0.3 is 0 Å². The van der Waals surface area contributed by atoms with Crippen molar-refractivity contribution in [1.29, 1.82) is 0 Å². The van der Waals surface area contributed by atoms with Crippen molar-refractivity contribution in [1.82, 2.24) is 0 Å². The van der Waals surface area contributed by atoms with Gasteiger partial charge in [-0.3, -0.25) is 0 Å². The van der Waals surface area contributed by atoms with Crippen molar-refractivity contribution in [3.05, 3.63) is 0 Å². The Hall–Kier alpha value is -0.200. The first-order valence-electron chi connectivity index (χ1n) is 6.33. The Morgan fingerprint density at radius 2 is 2.00 bits per heavy atom.